The van der Waals surface area contributed by atoms with Crippen molar-refractivity contribution in [2.24, 2.45) is 0 Å². The van der Waals surface area contributed by atoms with Crippen molar-refractivity contribution in [2.45, 2.75) is 25.5 Å². The van der Waals surface area contributed by atoms with Crippen LogP contribution in [0.1, 0.15) is 23.7 Å². The van der Waals surface area contributed by atoms with Gasteiger partial charge >= 0.3 is 0 Å². The van der Waals surface area contributed by atoms with Crippen LogP contribution in [0.4, 0.5) is 5.82 Å². The predicted molar refractivity (Wildman–Crippen MR) is 64.6 cm³/mol. The van der Waals surface area contributed by atoms with Gasteiger partial charge in [-0.2, -0.15) is 0 Å². The van der Waals surface area contributed by atoms with Gasteiger partial charge in [0.25, 0.3) is 5.91 Å². The Labute approximate surface area is 101 Å². The number of carbonyl (C=O) groups excluding carboxylic acids is 1. The maximum absolute atomic E-state index is 12.2. The van der Waals surface area contributed by atoms with E-state index in [4.69, 9.17) is 10.5 Å². The molecule has 0 bridgehead atoms. The molecule has 0 spiro atoms. The van der Waals surface area contributed by atoms with Crippen molar-refractivity contribution in [3.05, 3.63) is 23.9 Å². The lowest BCUT2D eigenvalue weighted by atomic mass is 10.1. The molecule has 0 aliphatic carbocycles. The number of amides is 1. The summed E-state index contributed by atoms with van der Waals surface area (Å²) in [7, 11) is 1.80. The number of pyridine rings is 1. The molecule has 92 valence electrons. The lowest BCUT2D eigenvalue weighted by Crippen LogP contribution is -2.41. The summed E-state index contributed by atoms with van der Waals surface area (Å²) in [6.45, 7) is 2.70. The Bertz CT molecular complexity index is 422. The van der Waals surface area contributed by atoms with E-state index in [1.165, 1.54) is 0 Å². The molecular weight excluding hydrogens is 218 g/mol. The van der Waals surface area contributed by atoms with Gasteiger partial charge in [0.1, 0.15) is 5.82 Å². The number of ether oxygens (including phenoxy) is 1. The summed E-state index contributed by atoms with van der Waals surface area (Å²) in [6.07, 6.45) is 2.51. The molecule has 0 saturated carbocycles. The molecular formula is C12H17N3O2. The van der Waals surface area contributed by atoms with Gasteiger partial charge in [-0.25, -0.2) is 4.98 Å². The Balaban J connectivity index is 2.14. The second-order valence-corrected chi connectivity index (χ2v) is 4.32. The highest BCUT2D eigenvalue weighted by atomic mass is 16.5. The summed E-state index contributed by atoms with van der Waals surface area (Å²) in [5.74, 6) is 0.321. The molecule has 1 aliphatic heterocycles. The van der Waals surface area contributed by atoms with E-state index in [0.717, 1.165) is 6.42 Å². The van der Waals surface area contributed by atoms with E-state index < -0.39 is 0 Å². The van der Waals surface area contributed by atoms with E-state index in [-0.39, 0.29) is 18.1 Å². The standard InChI is InChI=1S/C12H17N3O2/c1-8-10(4-6-17-8)15(2)12(16)9-3-5-14-11(13)7-9/h3,5,7-8,10H,4,6H2,1-2H3,(H2,13,14). The SMILES string of the molecule is CC1OCCC1N(C)C(=O)c1ccnc(N)c1. The average Bonchev–Trinajstić information content (AvgIpc) is 2.73. The molecule has 1 amide bonds. The summed E-state index contributed by atoms with van der Waals surface area (Å²) in [6, 6.07) is 3.41. The van der Waals surface area contributed by atoms with Crippen LogP contribution in [0.25, 0.3) is 0 Å². The van der Waals surface area contributed by atoms with E-state index in [1.54, 1.807) is 30.3 Å². The van der Waals surface area contributed by atoms with Gasteiger partial charge < -0.3 is 15.4 Å². The predicted octanol–water partition coefficient (Wildman–Crippen LogP) is 0.913. The number of nitrogens with zero attached hydrogens (tertiary/aromatic N) is 2. The largest absolute Gasteiger partial charge is 0.384 e. The quantitative estimate of drug-likeness (QED) is 0.827. The number of hydrogen-bond donors (Lipinski definition) is 1. The van der Waals surface area contributed by atoms with Gasteiger partial charge in [0.05, 0.1) is 12.1 Å². The van der Waals surface area contributed by atoms with Gasteiger partial charge in [-0.15, -0.1) is 0 Å². The molecule has 0 radical (unpaired) electrons. The lowest BCUT2D eigenvalue weighted by Gasteiger charge is -2.26. The smallest absolute Gasteiger partial charge is 0.254 e. The van der Waals surface area contributed by atoms with Gasteiger partial charge in [0, 0.05) is 25.4 Å². The molecule has 2 unspecified atom stereocenters. The van der Waals surface area contributed by atoms with Gasteiger partial charge in [-0.1, -0.05) is 0 Å². The molecule has 1 aromatic heterocycles. The summed E-state index contributed by atoms with van der Waals surface area (Å²) >= 11 is 0. The normalized spacial score (nSPS) is 23.6. The van der Waals surface area contributed by atoms with E-state index in [1.807, 2.05) is 6.92 Å². The molecule has 1 aromatic rings. The lowest BCUT2D eigenvalue weighted by molar-refractivity contribution is 0.0574. The molecule has 1 fully saturated rings. The molecule has 2 heterocycles. The minimum Gasteiger partial charge on any atom is -0.384 e. The number of nitrogen functional groups attached to an aromatic ring is 1. The van der Waals surface area contributed by atoms with E-state index >= 15 is 0 Å². The Morgan fingerprint density at radius 3 is 3.00 bits per heavy atom. The Morgan fingerprint density at radius 1 is 1.65 bits per heavy atom. The second kappa shape index (κ2) is 4.71. The van der Waals surface area contributed by atoms with E-state index in [0.29, 0.717) is 18.0 Å². The molecule has 17 heavy (non-hydrogen) atoms. The third-order valence-corrected chi connectivity index (χ3v) is 3.18. The third kappa shape index (κ3) is 2.39. The van der Waals surface area contributed by atoms with E-state index in [2.05, 4.69) is 4.98 Å². The number of likely N-dealkylation sites (N-methyl/N-ethyl adjacent to an activating group) is 1. The number of carbonyl (C=O) groups is 1. The Morgan fingerprint density at radius 2 is 2.41 bits per heavy atom. The van der Waals surface area contributed by atoms with Crippen LogP contribution >= 0.6 is 0 Å². The number of hydrogen-bond acceptors (Lipinski definition) is 4. The highest BCUT2D eigenvalue weighted by Gasteiger charge is 2.30. The van der Waals surface area contributed by atoms with Crippen molar-refractivity contribution in [3.8, 4) is 0 Å². The van der Waals surface area contributed by atoms with Crippen LogP contribution in [-0.2, 0) is 4.74 Å². The third-order valence-electron chi connectivity index (χ3n) is 3.18. The Kier molecular flexibility index (Phi) is 3.28. The van der Waals surface area contributed by atoms with Gasteiger partial charge in [-0.3, -0.25) is 4.79 Å². The first kappa shape index (κ1) is 11.9. The first-order valence-electron chi connectivity index (χ1n) is 5.70. The maximum Gasteiger partial charge on any atom is 0.254 e. The molecule has 0 aromatic carbocycles. The molecule has 5 nitrogen and oxygen atoms in total. The molecule has 2 rings (SSSR count). The molecule has 1 saturated heterocycles. The van der Waals surface area contributed by atoms with Gasteiger partial charge in [0.2, 0.25) is 0 Å². The minimum absolute atomic E-state index is 0.0403. The van der Waals surface area contributed by atoms with Crippen LogP contribution in [0.2, 0.25) is 0 Å². The first-order chi connectivity index (χ1) is 8.09. The summed E-state index contributed by atoms with van der Waals surface area (Å²) in [4.78, 5) is 17.8. The van der Waals surface area contributed by atoms with Gasteiger partial charge in [0.15, 0.2) is 0 Å². The fourth-order valence-electron chi connectivity index (χ4n) is 2.16. The summed E-state index contributed by atoms with van der Waals surface area (Å²) < 4.78 is 5.47. The molecule has 1 aliphatic rings. The van der Waals surface area contributed by atoms with Crippen LogP contribution in [-0.4, -0.2) is 41.6 Å². The minimum atomic E-state index is -0.0403. The van der Waals surface area contributed by atoms with Crippen LogP contribution < -0.4 is 5.73 Å². The zero-order chi connectivity index (χ0) is 12.4. The number of aromatic nitrogens is 1. The average molecular weight is 235 g/mol. The van der Waals surface area contributed by atoms with Crippen molar-refractivity contribution in [2.75, 3.05) is 19.4 Å². The zero-order valence-electron chi connectivity index (χ0n) is 10.1. The molecule has 2 N–H and O–H groups in total. The van der Waals surface area contributed by atoms with E-state index in [9.17, 15) is 4.79 Å². The van der Waals surface area contributed by atoms with Crippen molar-refractivity contribution in [3.63, 3.8) is 0 Å². The van der Waals surface area contributed by atoms with Crippen molar-refractivity contribution in [1.29, 1.82) is 0 Å². The number of nitrogens with two attached hydrogens (primary N) is 1. The fraction of sp³-hybridized carbons (Fsp3) is 0.500. The van der Waals surface area contributed by atoms with Crippen molar-refractivity contribution < 1.29 is 9.53 Å². The topological polar surface area (TPSA) is 68.5 Å². The van der Waals surface area contributed by atoms with Crippen molar-refractivity contribution >= 4 is 11.7 Å². The monoisotopic (exact) mass is 235 g/mol. The second-order valence-electron chi connectivity index (χ2n) is 4.32. The van der Waals surface area contributed by atoms with Crippen molar-refractivity contribution in [1.82, 2.24) is 9.88 Å². The Hall–Kier alpha value is -1.62. The van der Waals surface area contributed by atoms with Crippen LogP contribution in [0.5, 0.6) is 0 Å². The van der Waals surface area contributed by atoms with Crippen LogP contribution in [0.3, 0.4) is 0 Å². The number of anilines is 1. The fourth-order valence-corrected chi connectivity index (χ4v) is 2.16. The number of rotatable bonds is 2. The molecule has 5 heteroatoms. The summed E-state index contributed by atoms with van der Waals surface area (Å²) in [5, 5.41) is 0. The highest BCUT2D eigenvalue weighted by molar-refractivity contribution is 5.94. The first-order valence-corrected chi connectivity index (χ1v) is 5.70. The van der Waals surface area contributed by atoms with Crippen LogP contribution in [0.15, 0.2) is 18.3 Å². The zero-order valence-corrected chi connectivity index (χ0v) is 10.1. The van der Waals surface area contributed by atoms with Gasteiger partial charge in [-0.05, 0) is 25.5 Å². The molecule has 2 atom stereocenters. The highest BCUT2D eigenvalue weighted by Crippen LogP contribution is 2.20. The summed E-state index contributed by atoms with van der Waals surface area (Å²) in [5.41, 5.74) is 6.14. The maximum atomic E-state index is 12.2. The van der Waals surface area contributed by atoms with Crippen LogP contribution in [0, 0.1) is 0 Å².